The summed E-state index contributed by atoms with van der Waals surface area (Å²) in [5, 5.41) is 0. The van der Waals surface area contributed by atoms with Gasteiger partial charge in [-0.25, -0.2) is 0 Å². The summed E-state index contributed by atoms with van der Waals surface area (Å²) in [5.74, 6) is 0. The van der Waals surface area contributed by atoms with E-state index >= 15 is 0 Å². The van der Waals surface area contributed by atoms with E-state index in [2.05, 4.69) is 11.9 Å². The van der Waals surface area contributed by atoms with Crippen molar-refractivity contribution in [3.05, 3.63) is 0 Å². The summed E-state index contributed by atoms with van der Waals surface area (Å²) in [6, 6.07) is 0.509. The monoisotopic (exact) mass is 242 g/mol. The van der Waals surface area contributed by atoms with Gasteiger partial charge < -0.3 is 15.2 Å². The molecule has 1 aliphatic heterocycles. The van der Waals surface area contributed by atoms with Crippen molar-refractivity contribution in [3.8, 4) is 0 Å². The first kappa shape index (κ1) is 13.3. The van der Waals surface area contributed by atoms with Crippen LogP contribution in [0.15, 0.2) is 0 Å². The van der Waals surface area contributed by atoms with Crippen LogP contribution in [0.3, 0.4) is 0 Å². The number of nitrogens with zero attached hydrogens (tertiary/aromatic N) is 1. The van der Waals surface area contributed by atoms with Crippen LogP contribution in [0.2, 0.25) is 0 Å². The lowest BCUT2D eigenvalue weighted by Gasteiger charge is -2.50. The first-order valence-corrected chi connectivity index (χ1v) is 6.78. The fourth-order valence-corrected chi connectivity index (χ4v) is 3.50. The number of ether oxygens (including phenoxy) is 2. The highest BCUT2D eigenvalue weighted by Crippen LogP contribution is 2.36. The van der Waals surface area contributed by atoms with Crippen LogP contribution in [0, 0.1) is 0 Å². The third-order valence-corrected chi connectivity index (χ3v) is 4.72. The predicted molar refractivity (Wildman–Crippen MR) is 68.0 cm³/mol. The van der Waals surface area contributed by atoms with E-state index in [1.54, 1.807) is 0 Å². The summed E-state index contributed by atoms with van der Waals surface area (Å²) in [7, 11) is 4.02. The minimum atomic E-state index is 0.0192. The van der Waals surface area contributed by atoms with Crippen LogP contribution in [0.4, 0.5) is 0 Å². The van der Waals surface area contributed by atoms with Gasteiger partial charge in [0, 0.05) is 26.3 Å². The normalized spacial score (nSPS) is 38.8. The van der Waals surface area contributed by atoms with E-state index in [1.165, 1.54) is 12.8 Å². The molecule has 0 bridgehead atoms. The standard InChI is InChI=1S/C13H26N2O2/c1-15(11-6-8-17-9-11)13(10-14)7-4-3-5-12(13)16-2/h11-12H,3-10,14H2,1-2H3. The van der Waals surface area contributed by atoms with E-state index in [1.807, 2.05) is 7.11 Å². The van der Waals surface area contributed by atoms with Gasteiger partial charge in [-0.2, -0.15) is 0 Å². The van der Waals surface area contributed by atoms with Gasteiger partial charge in [0.05, 0.1) is 18.2 Å². The molecule has 4 heteroatoms. The summed E-state index contributed by atoms with van der Waals surface area (Å²) in [6.45, 7) is 2.40. The van der Waals surface area contributed by atoms with Gasteiger partial charge in [-0.05, 0) is 26.3 Å². The van der Waals surface area contributed by atoms with Crippen molar-refractivity contribution >= 4 is 0 Å². The van der Waals surface area contributed by atoms with Crippen molar-refractivity contribution in [2.24, 2.45) is 5.73 Å². The Labute approximate surface area is 104 Å². The molecule has 17 heavy (non-hydrogen) atoms. The molecule has 2 N–H and O–H groups in total. The Morgan fingerprint density at radius 3 is 2.82 bits per heavy atom. The average Bonchev–Trinajstić information content (AvgIpc) is 2.91. The molecule has 0 aromatic rings. The number of rotatable bonds is 4. The van der Waals surface area contributed by atoms with Crippen LogP contribution in [0.25, 0.3) is 0 Å². The fourth-order valence-electron chi connectivity index (χ4n) is 3.50. The number of likely N-dealkylation sites (N-methyl/N-ethyl adjacent to an activating group) is 1. The lowest BCUT2D eigenvalue weighted by Crippen LogP contribution is -2.64. The first-order valence-electron chi connectivity index (χ1n) is 6.78. The highest BCUT2D eigenvalue weighted by Gasteiger charge is 2.46. The lowest BCUT2D eigenvalue weighted by atomic mass is 9.77. The fraction of sp³-hybridized carbons (Fsp3) is 1.00. The Bertz CT molecular complexity index is 244. The van der Waals surface area contributed by atoms with Gasteiger partial charge in [0.2, 0.25) is 0 Å². The van der Waals surface area contributed by atoms with Gasteiger partial charge in [0.25, 0.3) is 0 Å². The Balaban J connectivity index is 2.14. The summed E-state index contributed by atoms with van der Waals surface area (Å²) in [5.41, 5.74) is 6.13. The van der Waals surface area contributed by atoms with Crippen molar-refractivity contribution in [1.29, 1.82) is 0 Å². The molecule has 4 nitrogen and oxygen atoms in total. The Hall–Kier alpha value is -0.160. The van der Waals surface area contributed by atoms with E-state index < -0.39 is 0 Å². The maximum absolute atomic E-state index is 6.11. The second-order valence-corrected chi connectivity index (χ2v) is 5.41. The minimum absolute atomic E-state index is 0.0192. The molecule has 2 rings (SSSR count). The topological polar surface area (TPSA) is 47.7 Å². The Morgan fingerprint density at radius 1 is 1.41 bits per heavy atom. The quantitative estimate of drug-likeness (QED) is 0.799. The SMILES string of the molecule is COC1CCCCC1(CN)N(C)C1CCOC1. The maximum atomic E-state index is 6.11. The van der Waals surface area contributed by atoms with Crippen molar-refractivity contribution in [3.63, 3.8) is 0 Å². The van der Waals surface area contributed by atoms with Crippen molar-refractivity contribution in [2.75, 3.05) is 33.9 Å². The molecule has 0 aromatic carbocycles. The van der Waals surface area contributed by atoms with Gasteiger partial charge >= 0.3 is 0 Å². The molecule has 100 valence electrons. The lowest BCUT2D eigenvalue weighted by molar-refractivity contribution is -0.0809. The predicted octanol–water partition coefficient (Wildman–Crippen LogP) is 0.994. The third kappa shape index (κ3) is 2.36. The van der Waals surface area contributed by atoms with Crippen molar-refractivity contribution in [1.82, 2.24) is 4.90 Å². The zero-order chi connectivity index (χ0) is 12.3. The number of nitrogens with two attached hydrogens (primary N) is 1. The second kappa shape index (κ2) is 5.65. The van der Waals surface area contributed by atoms with Gasteiger partial charge in [0.1, 0.15) is 0 Å². The highest BCUT2D eigenvalue weighted by atomic mass is 16.5. The molecule has 1 saturated heterocycles. The average molecular weight is 242 g/mol. The minimum Gasteiger partial charge on any atom is -0.380 e. The van der Waals surface area contributed by atoms with Gasteiger partial charge in [0.15, 0.2) is 0 Å². The summed E-state index contributed by atoms with van der Waals surface area (Å²) < 4.78 is 11.2. The largest absolute Gasteiger partial charge is 0.380 e. The molecular formula is C13H26N2O2. The molecule has 1 saturated carbocycles. The van der Waals surface area contributed by atoms with E-state index in [-0.39, 0.29) is 11.6 Å². The molecule has 2 aliphatic rings. The maximum Gasteiger partial charge on any atom is 0.0767 e. The zero-order valence-corrected chi connectivity index (χ0v) is 11.2. The van der Waals surface area contributed by atoms with E-state index in [9.17, 15) is 0 Å². The highest BCUT2D eigenvalue weighted by molar-refractivity contribution is 5.02. The molecule has 0 spiro atoms. The summed E-state index contributed by atoms with van der Waals surface area (Å²) in [4.78, 5) is 2.45. The second-order valence-electron chi connectivity index (χ2n) is 5.41. The Morgan fingerprint density at radius 2 is 2.24 bits per heavy atom. The number of hydrogen-bond acceptors (Lipinski definition) is 4. The van der Waals surface area contributed by atoms with Crippen LogP contribution in [0.5, 0.6) is 0 Å². The number of hydrogen-bond donors (Lipinski definition) is 1. The molecule has 0 radical (unpaired) electrons. The molecule has 3 unspecified atom stereocenters. The third-order valence-electron chi connectivity index (χ3n) is 4.72. The van der Waals surface area contributed by atoms with Gasteiger partial charge in [-0.3, -0.25) is 4.90 Å². The van der Waals surface area contributed by atoms with Crippen LogP contribution in [-0.4, -0.2) is 56.5 Å². The molecule has 1 aliphatic carbocycles. The van der Waals surface area contributed by atoms with Crippen molar-refractivity contribution in [2.45, 2.75) is 49.8 Å². The van der Waals surface area contributed by atoms with E-state index in [0.29, 0.717) is 12.6 Å². The summed E-state index contributed by atoms with van der Waals surface area (Å²) >= 11 is 0. The molecule has 3 atom stereocenters. The van der Waals surface area contributed by atoms with Crippen LogP contribution >= 0.6 is 0 Å². The molecule has 1 heterocycles. The van der Waals surface area contributed by atoms with E-state index in [4.69, 9.17) is 15.2 Å². The van der Waals surface area contributed by atoms with Crippen LogP contribution < -0.4 is 5.73 Å². The number of methoxy groups -OCH3 is 1. The first-order chi connectivity index (χ1) is 8.24. The van der Waals surface area contributed by atoms with Crippen molar-refractivity contribution < 1.29 is 9.47 Å². The van der Waals surface area contributed by atoms with Crippen LogP contribution in [-0.2, 0) is 9.47 Å². The molecule has 2 fully saturated rings. The Kier molecular flexibility index (Phi) is 4.42. The van der Waals surface area contributed by atoms with E-state index in [0.717, 1.165) is 32.5 Å². The van der Waals surface area contributed by atoms with Gasteiger partial charge in [-0.1, -0.05) is 12.8 Å². The summed E-state index contributed by atoms with van der Waals surface area (Å²) in [6.07, 6.45) is 6.19. The van der Waals surface area contributed by atoms with Crippen LogP contribution in [0.1, 0.15) is 32.1 Å². The molecule has 0 amide bonds. The molecule has 0 aromatic heterocycles. The van der Waals surface area contributed by atoms with Gasteiger partial charge in [-0.15, -0.1) is 0 Å². The molecular weight excluding hydrogens is 216 g/mol. The smallest absolute Gasteiger partial charge is 0.0767 e. The zero-order valence-electron chi connectivity index (χ0n) is 11.2.